The summed E-state index contributed by atoms with van der Waals surface area (Å²) < 4.78 is 17.4. The number of cyclic esters (lactones) is 1. The standard InChI is InChI=1S/C30H45NO6S/c1-19-8-7-9-23(16-28-35-12-13-36-28)10-11-25(20(2)15-24-18-38-22(4)31-24)37-27(33)17-26(32)30(5,6)29(34)21(3)14-19/h10,15,18-19,21,25-26,28,32H,7-9,11-14,16-17H2,1-6H3/b20-15+,23-10+/t19?,21?,25?,26-/m0/s1. The van der Waals surface area contributed by atoms with Gasteiger partial charge in [-0.25, -0.2) is 4.98 Å². The molecule has 1 N–H and O–H groups in total. The van der Waals surface area contributed by atoms with Crippen LogP contribution in [0.5, 0.6) is 0 Å². The zero-order chi connectivity index (χ0) is 27.9. The quantitative estimate of drug-likeness (QED) is 0.363. The molecule has 1 aromatic rings. The number of hydrogen-bond donors (Lipinski definition) is 1. The SMILES string of the molecule is C/C(=C\c1csc(C)n1)C1C/C=C(/CC2OCCO2)CCCC(C)CC(C)C(=O)C(C)(C)[C@@H](O)CC(=O)O1. The molecular formula is C30H45NO6S. The van der Waals surface area contributed by atoms with Crippen LogP contribution in [-0.4, -0.2) is 53.6 Å². The van der Waals surface area contributed by atoms with Gasteiger partial charge in [0.25, 0.3) is 0 Å². The van der Waals surface area contributed by atoms with Crippen LogP contribution in [0.4, 0.5) is 0 Å². The average Bonchev–Trinajstić information content (AvgIpc) is 3.51. The molecular weight excluding hydrogens is 502 g/mol. The summed E-state index contributed by atoms with van der Waals surface area (Å²) in [5.74, 6) is -0.358. The lowest BCUT2D eigenvalue weighted by Gasteiger charge is -2.32. The monoisotopic (exact) mass is 547 g/mol. The first-order chi connectivity index (χ1) is 18.0. The van der Waals surface area contributed by atoms with E-state index in [1.54, 1.807) is 25.2 Å². The van der Waals surface area contributed by atoms with E-state index in [9.17, 15) is 14.7 Å². The van der Waals surface area contributed by atoms with E-state index in [1.807, 2.05) is 32.2 Å². The molecule has 8 heteroatoms. The Bertz CT molecular complexity index is 1010. The van der Waals surface area contributed by atoms with E-state index >= 15 is 0 Å². The molecule has 212 valence electrons. The summed E-state index contributed by atoms with van der Waals surface area (Å²) >= 11 is 1.57. The van der Waals surface area contributed by atoms with Gasteiger partial charge < -0.3 is 19.3 Å². The summed E-state index contributed by atoms with van der Waals surface area (Å²) in [6.07, 6.45) is 6.84. The van der Waals surface area contributed by atoms with Crippen molar-refractivity contribution in [2.24, 2.45) is 17.3 Å². The van der Waals surface area contributed by atoms with E-state index < -0.39 is 23.6 Å². The van der Waals surface area contributed by atoms with Crippen LogP contribution in [0.1, 0.15) is 90.3 Å². The van der Waals surface area contributed by atoms with E-state index in [0.29, 0.717) is 32.0 Å². The van der Waals surface area contributed by atoms with Gasteiger partial charge >= 0.3 is 5.97 Å². The van der Waals surface area contributed by atoms with Gasteiger partial charge in [0.05, 0.1) is 41.9 Å². The second-order valence-corrected chi connectivity index (χ2v) is 12.6. The number of carbonyl (C=O) groups is 2. The van der Waals surface area contributed by atoms with Crippen molar-refractivity contribution in [3.8, 4) is 0 Å². The molecule has 3 unspecified atom stereocenters. The van der Waals surface area contributed by atoms with Gasteiger partial charge in [-0.05, 0) is 50.7 Å². The minimum Gasteiger partial charge on any atom is -0.457 e. The minimum atomic E-state index is -1.12. The first-order valence-corrected chi connectivity index (χ1v) is 14.8. The number of aliphatic hydroxyl groups is 1. The number of nitrogens with zero attached hydrogens (tertiary/aromatic N) is 1. The number of carbonyl (C=O) groups excluding carboxylic acids is 2. The Labute approximate surface area is 231 Å². The van der Waals surface area contributed by atoms with Crippen LogP contribution >= 0.6 is 11.3 Å². The highest BCUT2D eigenvalue weighted by atomic mass is 32.1. The van der Waals surface area contributed by atoms with Gasteiger partial charge in [-0.15, -0.1) is 11.3 Å². The molecule has 0 aromatic carbocycles. The summed E-state index contributed by atoms with van der Waals surface area (Å²) in [6, 6.07) is 0. The third-order valence-corrected chi connectivity index (χ3v) is 8.55. The maximum absolute atomic E-state index is 13.3. The summed E-state index contributed by atoms with van der Waals surface area (Å²) in [5.41, 5.74) is 1.89. The van der Waals surface area contributed by atoms with Crippen molar-refractivity contribution in [1.29, 1.82) is 0 Å². The fourth-order valence-corrected chi connectivity index (χ4v) is 5.90. The van der Waals surface area contributed by atoms with E-state index in [2.05, 4.69) is 18.0 Å². The number of aliphatic hydroxyl groups excluding tert-OH is 1. The molecule has 2 aliphatic rings. The van der Waals surface area contributed by atoms with Crippen molar-refractivity contribution in [2.45, 2.75) is 105 Å². The first kappa shape index (κ1) is 30.7. The van der Waals surface area contributed by atoms with Crippen molar-refractivity contribution in [1.82, 2.24) is 4.98 Å². The number of Topliss-reactive ketones (excluding diaryl/α,β-unsaturated/α-hetero) is 1. The van der Waals surface area contributed by atoms with Crippen molar-refractivity contribution >= 4 is 29.2 Å². The number of esters is 1. The second-order valence-electron chi connectivity index (χ2n) is 11.6. The van der Waals surface area contributed by atoms with Gasteiger partial charge in [-0.1, -0.05) is 45.8 Å². The van der Waals surface area contributed by atoms with Gasteiger partial charge in [0.1, 0.15) is 11.9 Å². The average molecular weight is 548 g/mol. The molecule has 3 heterocycles. The molecule has 0 amide bonds. The normalized spacial score (nSPS) is 30.6. The van der Waals surface area contributed by atoms with Crippen molar-refractivity contribution in [3.63, 3.8) is 0 Å². The van der Waals surface area contributed by atoms with Crippen LogP contribution in [0, 0.1) is 24.2 Å². The third kappa shape index (κ3) is 8.83. The third-order valence-electron chi connectivity index (χ3n) is 7.76. The molecule has 7 nitrogen and oxygen atoms in total. The summed E-state index contributed by atoms with van der Waals surface area (Å²) in [4.78, 5) is 30.9. The fraction of sp³-hybridized carbons (Fsp3) is 0.700. The van der Waals surface area contributed by atoms with Crippen LogP contribution < -0.4 is 0 Å². The Kier molecular flexibility index (Phi) is 11.3. The van der Waals surface area contributed by atoms with Crippen molar-refractivity contribution in [2.75, 3.05) is 13.2 Å². The molecule has 38 heavy (non-hydrogen) atoms. The van der Waals surface area contributed by atoms with Crippen LogP contribution in [0.15, 0.2) is 22.6 Å². The van der Waals surface area contributed by atoms with Crippen LogP contribution in [0.25, 0.3) is 6.08 Å². The molecule has 0 bridgehead atoms. The van der Waals surface area contributed by atoms with E-state index in [4.69, 9.17) is 14.2 Å². The first-order valence-electron chi connectivity index (χ1n) is 13.9. The Morgan fingerprint density at radius 3 is 2.61 bits per heavy atom. The summed E-state index contributed by atoms with van der Waals surface area (Å²) in [6.45, 7) is 12.7. The zero-order valence-electron chi connectivity index (χ0n) is 23.8. The van der Waals surface area contributed by atoms with Gasteiger partial charge in [0.2, 0.25) is 0 Å². The Morgan fingerprint density at radius 2 is 1.95 bits per heavy atom. The predicted octanol–water partition coefficient (Wildman–Crippen LogP) is 6.04. The fourth-order valence-electron chi connectivity index (χ4n) is 5.33. The number of rotatable bonds is 4. The number of thiazole rings is 1. The highest BCUT2D eigenvalue weighted by Crippen LogP contribution is 2.32. The molecule has 1 fully saturated rings. The summed E-state index contributed by atoms with van der Waals surface area (Å²) in [5, 5.41) is 13.9. The summed E-state index contributed by atoms with van der Waals surface area (Å²) in [7, 11) is 0. The van der Waals surface area contributed by atoms with Crippen LogP contribution in [0.3, 0.4) is 0 Å². The van der Waals surface area contributed by atoms with Crippen LogP contribution in [0.2, 0.25) is 0 Å². The van der Waals surface area contributed by atoms with Gasteiger partial charge in [-0.2, -0.15) is 0 Å². The largest absolute Gasteiger partial charge is 0.457 e. The zero-order valence-corrected chi connectivity index (χ0v) is 24.6. The lowest BCUT2D eigenvalue weighted by molar-refractivity contribution is -0.153. The molecule has 1 saturated heterocycles. The lowest BCUT2D eigenvalue weighted by Crippen LogP contribution is -2.42. The minimum absolute atomic E-state index is 0.0145. The highest BCUT2D eigenvalue weighted by molar-refractivity contribution is 7.09. The maximum Gasteiger partial charge on any atom is 0.309 e. The highest BCUT2D eigenvalue weighted by Gasteiger charge is 2.40. The molecule has 4 atom stereocenters. The maximum atomic E-state index is 13.3. The van der Waals surface area contributed by atoms with E-state index in [0.717, 1.165) is 42.0 Å². The molecule has 0 saturated carbocycles. The molecule has 0 spiro atoms. The molecule has 1 aromatic heterocycles. The van der Waals surface area contributed by atoms with Gasteiger partial charge in [0.15, 0.2) is 6.29 Å². The molecule has 0 aliphatic carbocycles. The van der Waals surface area contributed by atoms with Crippen LogP contribution in [-0.2, 0) is 23.8 Å². The van der Waals surface area contributed by atoms with E-state index in [-0.39, 0.29) is 24.4 Å². The molecule has 0 radical (unpaired) electrons. The second kappa shape index (κ2) is 14.0. The molecule has 3 rings (SSSR count). The number of aryl methyl sites for hydroxylation is 1. The number of ketones is 1. The van der Waals surface area contributed by atoms with Crippen molar-refractivity contribution in [3.05, 3.63) is 33.3 Å². The Morgan fingerprint density at radius 1 is 1.24 bits per heavy atom. The number of hydrogen-bond acceptors (Lipinski definition) is 8. The smallest absolute Gasteiger partial charge is 0.309 e. The van der Waals surface area contributed by atoms with E-state index in [1.165, 1.54) is 5.57 Å². The lowest BCUT2D eigenvalue weighted by atomic mass is 9.74. The van der Waals surface area contributed by atoms with Gasteiger partial charge in [0, 0.05) is 24.1 Å². The number of ether oxygens (including phenoxy) is 3. The Balaban J connectivity index is 1.89. The molecule has 2 aliphatic heterocycles. The predicted molar refractivity (Wildman–Crippen MR) is 150 cm³/mol. The number of aromatic nitrogens is 1. The topological polar surface area (TPSA) is 95.0 Å². The van der Waals surface area contributed by atoms with Gasteiger partial charge in [-0.3, -0.25) is 9.59 Å². The Hall–Kier alpha value is -1.87. The van der Waals surface area contributed by atoms with Crippen molar-refractivity contribution < 1.29 is 28.9 Å².